The Morgan fingerprint density at radius 2 is 1.92 bits per heavy atom. The third kappa shape index (κ3) is 3.07. The van der Waals surface area contributed by atoms with Crippen LogP contribution in [0.4, 0.5) is 0 Å². The van der Waals surface area contributed by atoms with E-state index in [1.54, 1.807) is 6.92 Å². The van der Waals surface area contributed by atoms with Crippen molar-refractivity contribution in [2.24, 2.45) is 11.8 Å². The summed E-state index contributed by atoms with van der Waals surface area (Å²) in [5.41, 5.74) is 0.0286. The highest BCUT2D eigenvalue weighted by molar-refractivity contribution is 8.25. The molecule has 3 aliphatic rings. The highest BCUT2D eigenvalue weighted by Gasteiger charge is 2.60. The van der Waals surface area contributed by atoms with Gasteiger partial charge in [-0.2, -0.15) is 0 Å². The van der Waals surface area contributed by atoms with Crippen LogP contribution in [0.2, 0.25) is 0 Å². The molecule has 2 N–H and O–H groups in total. The zero-order valence-corrected chi connectivity index (χ0v) is 16.1. The van der Waals surface area contributed by atoms with Crippen molar-refractivity contribution in [2.45, 2.75) is 26.0 Å². The number of thiocarbonyl (C=S) groups is 1. The Morgan fingerprint density at radius 1 is 1.32 bits per heavy atom. The Morgan fingerprint density at radius 3 is 2.44 bits per heavy atom. The first-order valence-corrected chi connectivity index (χ1v) is 9.60. The first kappa shape index (κ1) is 18.6. The summed E-state index contributed by atoms with van der Waals surface area (Å²) < 4.78 is 0.650. The van der Waals surface area contributed by atoms with Crippen LogP contribution in [-0.2, 0) is 9.59 Å². The second-order valence-electron chi connectivity index (χ2n) is 6.93. The van der Waals surface area contributed by atoms with Crippen molar-refractivity contribution in [1.82, 2.24) is 14.7 Å². The van der Waals surface area contributed by atoms with Crippen LogP contribution in [0, 0.1) is 11.8 Å². The maximum atomic E-state index is 12.3. The molecule has 9 heteroatoms. The zero-order valence-electron chi connectivity index (χ0n) is 14.5. The third-order valence-electron chi connectivity index (χ3n) is 5.27. The summed E-state index contributed by atoms with van der Waals surface area (Å²) in [6.07, 6.45) is -0.792. The fourth-order valence-corrected chi connectivity index (χ4v) is 5.36. The van der Waals surface area contributed by atoms with E-state index in [1.807, 2.05) is 6.92 Å². The molecule has 138 valence electrons. The third-order valence-corrected chi connectivity index (χ3v) is 7.00. The van der Waals surface area contributed by atoms with Crippen molar-refractivity contribution >= 4 is 40.2 Å². The van der Waals surface area contributed by atoms with Gasteiger partial charge in [0.2, 0.25) is 5.91 Å². The van der Waals surface area contributed by atoms with Gasteiger partial charge in [0.1, 0.15) is 10.0 Å². The normalized spacial score (nSPS) is 31.0. The molecule has 0 saturated carbocycles. The molecule has 0 aromatic carbocycles. The predicted molar refractivity (Wildman–Crippen MR) is 98.9 cm³/mol. The number of nitrogens with zero attached hydrogens (tertiary/aromatic N) is 3. The second-order valence-corrected chi connectivity index (χ2v) is 8.61. The molecule has 4 atom stereocenters. The molecule has 2 saturated heterocycles. The second kappa shape index (κ2) is 6.86. The Labute approximate surface area is 156 Å². The lowest BCUT2D eigenvalue weighted by Gasteiger charge is -2.46. The summed E-state index contributed by atoms with van der Waals surface area (Å²) in [6.45, 7) is 6.94. The molecule has 0 bridgehead atoms. The van der Waals surface area contributed by atoms with Gasteiger partial charge in [0.15, 0.2) is 0 Å². The van der Waals surface area contributed by atoms with Gasteiger partial charge in [0.25, 0.3) is 0 Å². The summed E-state index contributed by atoms with van der Waals surface area (Å²) >= 11 is 6.83. The zero-order chi connectivity index (χ0) is 18.5. The predicted octanol–water partition coefficient (Wildman–Crippen LogP) is 0.406. The van der Waals surface area contributed by atoms with Crippen LogP contribution in [0.25, 0.3) is 0 Å². The minimum atomic E-state index is -1.12. The Hall–Kier alpha value is -1.16. The quantitative estimate of drug-likeness (QED) is 0.534. The van der Waals surface area contributed by atoms with Gasteiger partial charge in [-0.15, -0.1) is 0 Å². The molecule has 3 rings (SSSR count). The van der Waals surface area contributed by atoms with E-state index in [0.29, 0.717) is 9.23 Å². The molecular formula is C16H23N3O4S2. The number of rotatable bonds is 3. The van der Waals surface area contributed by atoms with Crippen molar-refractivity contribution in [1.29, 1.82) is 0 Å². The number of carboxylic acid groups (broad SMARTS) is 1. The molecule has 0 aromatic rings. The molecule has 0 radical (unpaired) electrons. The van der Waals surface area contributed by atoms with Gasteiger partial charge in [0, 0.05) is 37.0 Å². The molecular weight excluding hydrogens is 362 g/mol. The smallest absolute Gasteiger partial charge is 0.353 e. The number of carbonyl (C=O) groups is 2. The monoisotopic (exact) mass is 385 g/mol. The van der Waals surface area contributed by atoms with Crippen LogP contribution in [0.15, 0.2) is 10.6 Å². The number of aliphatic hydroxyl groups is 1. The average molecular weight is 386 g/mol. The van der Waals surface area contributed by atoms with E-state index in [4.69, 9.17) is 12.2 Å². The average Bonchev–Trinajstić information content (AvgIpc) is 2.77. The summed E-state index contributed by atoms with van der Waals surface area (Å²) in [6, 6.07) is -0.295. The molecule has 2 fully saturated rings. The summed E-state index contributed by atoms with van der Waals surface area (Å²) in [5.74, 6) is -2.13. The highest BCUT2D eigenvalue weighted by Crippen LogP contribution is 2.50. The molecule has 0 aromatic heterocycles. The number of likely N-dealkylation sites (N-methyl/N-ethyl adjacent to an activating group) is 1. The SMILES string of the molecule is CC(O)C1C(=O)N2C(C(=O)O)=C(SC(=S)N3CCN(C)CC3)C(C)C12. The van der Waals surface area contributed by atoms with Gasteiger partial charge in [-0.25, -0.2) is 4.79 Å². The standard InChI is InChI=1S/C16H23N3O4S2/c1-8-11-10(9(2)20)14(21)19(11)12(15(22)23)13(8)25-16(24)18-6-4-17(3)5-7-18/h8-11,20H,4-7H2,1-3H3,(H,22,23). The fourth-order valence-electron chi connectivity index (χ4n) is 3.80. The molecule has 3 heterocycles. The Balaban J connectivity index is 1.81. The van der Waals surface area contributed by atoms with E-state index < -0.39 is 18.0 Å². The number of β-lactam (4-membered cyclic amide) rings is 1. The summed E-state index contributed by atoms with van der Waals surface area (Å²) in [7, 11) is 2.06. The van der Waals surface area contributed by atoms with E-state index in [2.05, 4.69) is 16.8 Å². The number of carbonyl (C=O) groups excluding carboxylic acids is 1. The molecule has 0 spiro atoms. The van der Waals surface area contributed by atoms with Crippen LogP contribution in [-0.4, -0.2) is 86.5 Å². The Bertz CT molecular complexity index is 643. The van der Waals surface area contributed by atoms with E-state index in [-0.39, 0.29) is 23.6 Å². The highest BCUT2D eigenvalue weighted by atomic mass is 32.2. The number of thioether (sulfide) groups is 1. The fraction of sp³-hybridized carbons (Fsp3) is 0.688. The van der Waals surface area contributed by atoms with Gasteiger partial charge in [-0.1, -0.05) is 30.9 Å². The number of hydrogen-bond donors (Lipinski definition) is 2. The van der Waals surface area contributed by atoms with E-state index in [1.165, 1.54) is 16.7 Å². The number of piperazine rings is 1. The van der Waals surface area contributed by atoms with Crippen LogP contribution in [0.1, 0.15) is 13.8 Å². The molecule has 7 nitrogen and oxygen atoms in total. The van der Waals surface area contributed by atoms with Crippen molar-refractivity contribution in [3.8, 4) is 0 Å². The van der Waals surface area contributed by atoms with Crippen LogP contribution >= 0.6 is 24.0 Å². The van der Waals surface area contributed by atoms with Gasteiger partial charge < -0.3 is 24.9 Å². The lowest BCUT2D eigenvalue weighted by Crippen LogP contribution is -2.63. The van der Waals surface area contributed by atoms with Crippen molar-refractivity contribution in [3.05, 3.63) is 10.6 Å². The Kier molecular flexibility index (Phi) is 5.11. The number of carboxylic acids is 1. The van der Waals surface area contributed by atoms with E-state index in [0.717, 1.165) is 26.2 Å². The first-order valence-electron chi connectivity index (χ1n) is 8.38. The van der Waals surface area contributed by atoms with Gasteiger partial charge >= 0.3 is 5.97 Å². The molecule has 3 aliphatic heterocycles. The van der Waals surface area contributed by atoms with Crippen molar-refractivity contribution < 1.29 is 19.8 Å². The topological polar surface area (TPSA) is 84.3 Å². The maximum absolute atomic E-state index is 12.3. The molecule has 25 heavy (non-hydrogen) atoms. The molecule has 0 aliphatic carbocycles. The van der Waals surface area contributed by atoms with E-state index in [9.17, 15) is 19.8 Å². The van der Waals surface area contributed by atoms with E-state index >= 15 is 0 Å². The largest absolute Gasteiger partial charge is 0.477 e. The number of fused-ring (bicyclic) bond motifs is 1. The minimum absolute atomic E-state index is 0.0286. The number of amides is 1. The van der Waals surface area contributed by atoms with Gasteiger partial charge in [-0.05, 0) is 14.0 Å². The lowest BCUT2D eigenvalue weighted by atomic mass is 9.79. The number of aliphatic hydroxyl groups excluding tert-OH is 1. The number of aliphatic carboxylic acids is 1. The molecule has 1 amide bonds. The van der Waals surface area contributed by atoms with Crippen LogP contribution in [0.5, 0.6) is 0 Å². The van der Waals surface area contributed by atoms with Crippen LogP contribution < -0.4 is 0 Å². The number of hydrogen-bond acceptors (Lipinski definition) is 6. The summed E-state index contributed by atoms with van der Waals surface area (Å²) in [5, 5.41) is 19.5. The minimum Gasteiger partial charge on any atom is -0.477 e. The van der Waals surface area contributed by atoms with Gasteiger partial charge in [-0.3, -0.25) is 4.79 Å². The summed E-state index contributed by atoms with van der Waals surface area (Å²) in [4.78, 5) is 30.4. The van der Waals surface area contributed by atoms with Crippen molar-refractivity contribution in [3.63, 3.8) is 0 Å². The van der Waals surface area contributed by atoms with Gasteiger partial charge in [0.05, 0.1) is 18.1 Å². The van der Waals surface area contributed by atoms with Crippen LogP contribution in [0.3, 0.4) is 0 Å². The van der Waals surface area contributed by atoms with Crippen molar-refractivity contribution in [2.75, 3.05) is 33.2 Å². The lowest BCUT2D eigenvalue weighted by molar-refractivity contribution is -0.163. The molecule has 4 unspecified atom stereocenters. The maximum Gasteiger partial charge on any atom is 0.353 e. The first-order chi connectivity index (χ1) is 11.7.